The number of nitrogens with one attached hydrogen (secondary N) is 2. The van der Waals surface area contributed by atoms with E-state index in [1.807, 2.05) is 149 Å². The van der Waals surface area contributed by atoms with Crippen molar-refractivity contribution in [2.45, 2.75) is 210 Å². The molecule has 0 spiro atoms. The van der Waals surface area contributed by atoms with Crippen molar-refractivity contribution in [3.63, 3.8) is 0 Å². The van der Waals surface area contributed by atoms with Crippen molar-refractivity contribution < 1.29 is 14.2 Å². The summed E-state index contributed by atoms with van der Waals surface area (Å²) in [6, 6.07) is 13.7. The lowest BCUT2D eigenvalue weighted by molar-refractivity contribution is 0.397. The number of ether oxygens (including phenoxy) is 3. The van der Waals surface area contributed by atoms with Gasteiger partial charge in [-0.25, -0.2) is 89.7 Å². The quantitative estimate of drug-likeness (QED) is 0.00843. The minimum atomic E-state index is 0.203. The maximum absolute atomic E-state index is 6.15. The molecular weight excluding hydrogens is 2120 g/mol. The molecule has 0 unspecified atom stereocenters. The van der Waals surface area contributed by atoms with Crippen LogP contribution in [-0.2, 0) is 32.1 Å². The molecule has 14 aromatic heterocycles. The van der Waals surface area contributed by atoms with E-state index in [2.05, 4.69) is 288 Å². The number of thioether (sulfide) groups is 1. The maximum Gasteiger partial charge on any atom is 0.222 e. The van der Waals surface area contributed by atoms with Crippen molar-refractivity contribution in [2.75, 3.05) is 119 Å². The monoisotopic (exact) mass is 2260 g/mol. The number of aromatic nitrogens is 21. The smallest absolute Gasteiger partial charge is 0.222 e. The lowest BCUT2D eigenvalue weighted by Gasteiger charge is -2.17. The molecule has 40 heteroatoms. The number of methoxy groups -OCH3 is 1. The van der Waals surface area contributed by atoms with Crippen LogP contribution in [-0.4, -0.2) is 182 Å². The van der Waals surface area contributed by atoms with Crippen molar-refractivity contribution in [2.24, 2.45) is 0 Å². The highest BCUT2D eigenvalue weighted by Gasteiger charge is 2.22. The topological polar surface area (TPSA) is 511 Å². The molecule has 16 N–H and O–H groups in total. The molecule has 0 saturated heterocycles. The molecule has 0 atom stereocenters. The van der Waals surface area contributed by atoms with Gasteiger partial charge in [-0.2, -0.15) is 9.97 Å². The second kappa shape index (κ2) is 57.8. The average Bonchev–Trinajstić information content (AvgIpc) is 0.830. The van der Waals surface area contributed by atoms with Crippen LogP contribution in [0.2, 0.25) is 5.15 Å². The zero-order valence-corrected chi connectivity index (χ0v) is 95.0. The third-order valence-electron chi connectivity index (χ3n) is 22.3. The maximum atomic E-state index is 6.15. The summed E-state index contributed by atoms with van der Waals surface area (Å²) >= 11 is 16.6. The molecule has 0 radical (unpaired) electrons. The summed E-state index contributed by atoms with van der Waals surface area (Å²) in [5.74, 6) is 16.0. The summed E-state index contributed by atoms with van der Waals surface area (Å²) in [7, 11) is 9.67. The van der Waals surface area contributed by atoms with Gasteiger partial charge in [-0.3, -0.25) is 4.98 Å². The standard InChI is InChI=1S/C17H26N6OS.C16H23BrN6O.C16H18N4.C15H20N4O.C14H17BrN4.C14H17ClN4.C14H17IN4/c1-11(2)12-9-20-15(25-5)8-13(12)24-14-10-21-17(18)22-16(14)19-6-7-23(3)4;1-10(2)11-8-20-14(17)7-12(11)24-13-9-21-16(18)22-15(13)19-5-6-23(3)4;1-5-14-7-12(15(9-19-14)10(2)3)6-13-8-18-11(4)20-16(13)17;1-9(2)13-8-18-14(20-4)6-11(13)5-12-7-17-10(3)19-15(12)16;3*1-8(2)12-7-18-13(15)5-10(12)4-11-6-17-9(3)19-14(11)16/h8-11H,6-7H2,1-5H3,(H3,18,19,21,22);7-10H,5-6H2,1-4H3,(H3,18,19,21,22);1,7-10H,6H2,2-4H3,(H2,17,18,20);6-9H,5H2,1-4H3,(H2,16,17,19);3*5-8H,4H2,1-3H3,(H2,16,17,19). The Kier molecular flexibility index (Phi) is 46.8. The summed E-state index contributed by atoms with van der Waals surface area (Å²) in [4.78, 5) is 92.9. The van der Waals surface area contributed by atoms with Crippen LogP contribution < -0.4 is 65.0 Å². The number of terminal acetylenes is 1. The van der Waals surface area contributed by atoms with Crippen LogP contribution in [0.5, 0.6) is 28.9 Å². The molecule has 0 bridgehead atoms. The Morgan fingerprint density at radius 1 is 0.363 bits per heavy atom. The highest BCUT2D eigenvalue weighted by atomic mass is 127. The van der Waals surface area contributed by atoms with E-state index in [1.165, 1.54) is 38.9 Å². The number of aryl methyl sites for hydroxylation is 5. The van der Waals surface area contributed by atoms with Gasteiger partial charge in [0.2, 0.25) is 17.8 Å². The molecule has 35 nitrogen and oxygen atoms in total. The van der Waals surface area contributed by atoms with Gasteiger partial charge in [0.25, 0.3) is 0 Å². The van der Waals surface area contributed by atoms with Crippen LogP contribution in [0.4, 0.5) is 52.6 Å². The van der Waals surface area contributed by atoms with Crippen molar-refractivity contribution in [1.29, 1.82) is 0 Å². The number of anilines is 9. The summed E-state index contributed by atoms with van der Waals surface area (Å²) in [5.41, 5.74) is 60.4. The Balaban J connectivity index is 0.000000208. The Bertz CT molecular complexity index is 6440. The molecule has 146 heavy (non-hydrogen) atoms. The number of rotatable bonds is 31. The van der Waals surface area contributed by atoms with Crippen LogP contribution in [0, 0.1) is 50.7 Å². The molecule has 0 aliphatic rings. The van der Waals surface area contributed by atoms with E-state index < -0.39 is 0 Å². The molecule has 0 aliphatic heterocycles. The molecule has 0 amide bonds. The number of nitrogen functional groups attached to an aromatic ring is 7. The van der Waals surface area contributed by atoms with Crippen LogP contribution >= 0.6 is 77.8 Å². The summed E-state index contributed by atoms with van der Waals surface area (Å²) in [6.45, 7) is 42.2. The first-order chi connectivity index (χ1) is 69.2. The van der Waals surface area contributed by atoms with E-state index >= 15 is 0 Å². The van der Waals surface area contributed by atoms with Gasteiger partial charge >= 0.3 is 0 Å². The molecule has 0 aromatic carbocycles. The van der Waals surface area contributed by atoms with Crippen LogP contribution in [0.3, 0.4) is 0 Å². The molecule has 14 aromatic rings. The normalized spacial score (nSPS) is 11.0. The van der Waals surface area contributed by atoms with Gasteiger partial charge in [0.1, 0.15) is 93.5 Å². The minimum Gasteiger partial charge on any atom is -0.481 e. The van der Waals surface area contributed by atoms with E-state index in [4.69, 9.17) is 72.4 Å². The van der Waals surface area contributed by atoms with E-state index in [9.17, 15) is 0 Å². The minimum absolute atomic E-state index is 0.203. The van der Waals surface area contributed by atoms with Gasteiger partial charge in [0.05, 0.1) is 24.5 Å². The number of nitrogens with two attached hydrogens (primary N) is 7. The lowest BCUT2D eigenvalue weighted by atomic mass is 9.94. The highest BCUT2D eigenvalue weighted by Crippen LogP contribution is 2.39. The zero-order valence-electron chi connectivity index (χ0n) is 88.1. The van der Waals surface area contributed by atoms with Gasteiger partial charge < -0.3 is 74.8 Å². The van der Waals surface area contributed by atoms with Gasteiger partial charge in [-0.05, 0) is 245 Å². The number of nitrogens with zero attached hydrogens (tertiary/aromatic N) is 23. The predicted molar refractivity (Wildman–Crippen MR) is 605 cm³/mol. The first-order valence-electron chi connectivity index (χ1n) is 47.6. The Labute approximate surface area is 898 Å². The van der Waals surface area contributed by atoms with Crippen LogP contribution in [0.25, 0.3) is 0 Å². The fraction of sp³-hybridized carbons (Fsp3) is 0.387. The second-order valence-corrected chi connectivity index (χ2v) is 40.9. The Hall–Kier alpha value is -13.0. The van der Waals surface area contributed by atoms with E-state index in [0.29, 0.717) is 157 Å². The fourth-order valence-corrected chi connectivity index (χ4v) is 16.2. The number of likely N-dealkylation sites (N-methyl/N-ethyl adjacent to an activating group) is 2. The van der Waals surface area contributed by atoms with E-state index in [1.54, 1.807) is 62.2 Å². The van der Waals surface area contributed by atoms with Crippen LogP contribution in [0.1, 0.15) is 268 Å². The first-order valence-corrected chi connectivity index (χ1v) is 51.9. The third-order valence-corrected chi connectivity index (χ3v) is 24.6. The lowest BCUT2D eigenvalue weighted by Crippen LogP contribution is -2.21. The van der Waals surface area contributed by atoms with Crippen molar-refractivity contribution in [3.05, 3.63) is 277 Å². The van der Waals surface area contributed by atoms with Gasteiger partial charge in [-0.15, -0.1) is 18.2 Å². The van der Waals surface area contributed by atoms with E-state index in [-0.39, 0.29) is 17.8 Å². The Morgan fingerprint density at radius 2 is 0.678 bits per heavy atom. The van der Waals surface area contributed by atoms with Gasteiger partial charge in [0.15, 0.2) is 23.1 Å². The van der Waals surface area contributed by atoms with Gasteiger partial charge in [0, 0.05) is 190 Å². The summed E-state index contributed by atoms with van der Waals surface area (Å²) in [6.07, 6.45) is 36.1. The molecule has 0 saturated carbocycles. The number of halogens is 4. The SMILES string of the molecule is C#Cc1cc(Cc2cnc(C)nc2N)c(C(C)C)cn1.CC(C)c1cnc(Br)cc1Oc1cnc(N)nc1NCCN(C)C.COc1cc(Cc2cnc(C)nc2N)c(C(C)C)cn1.CSc1cc(Oc2cnc(N)nc2NCCN(C)C)c(C(C)C)cn1.Cc1ncc(Cc2cc(Br)ncc2C(C)C)c(N)n1.Cc1ncc(Cc2cc(Cl)ncc2C(C)C)c(N)n1.Cc1ncc(Cc2cc(I)ncc2C(C)C)c(N)n1. The molecule has 0 aliphatic carbocycles. The van der Waals surface area contributed by atoms with Crippen LogP contribution in [0.15, 0.2) is 143 Å². The number of hydrogen-bond donors (Lipinski definition) is 9. The van der Waals surface area contributed by atoms with Crippen molar-refractivity contribution in [3.8, 4) is 41.2 Å². The summed E-state index contributed by atoms with van der Waals surface area (Å²) < 4.78 is 19.9. The van der Waals surface area contributed by atoms with E-state index in [0.717, 1.165) is 119 Å². The number of pyridine rings is 7. The Morgan fingerprint density at radius 3 is 1.03 bits per heavy atom. The molecular formula is C106H138Br2ClIN32O3S. The first kappa shape index (κ1) is 118. The third kappa shape index (κ3) is 37.5. The molecule has 14 rings (SSSR count). The predicted octanol–water partition coefficient (Wildman–Crippen LogP) is 20.6. The van der Waals surface area contributed by atoms with Gasteiger partial charge in [-0.1, -0.05) is 114 Å². The molecule has 14 heterocycles. The zero-order chi connectivity index (χ0) is 107. The fourth-order valence-electron chi connectivity index (χ4n) is 14.5. The molecule has 0 fully saturated rings. The molecule has 774 valence electrons. The average molecular weight is 2260 g/mol. The largest absolute Gasteiger partial charge is 0.481 e. The van der Waals surface area contributed by atoms with Crippen molar-refractivity contribution in [1.82, 2.24) is 114 Å². The van der Waals surface area contributed by atoms with Crippen molar-refractivity contribution >= 4 is 130 Å². The summed E-state index contributed by atoms with van der Waals surface area (Å²) in [5, 5.41) is 7.90. The highest BCUT2D eigenvalue weighted by molar-refractivity contribution is 14.1. The number of hydrogen-bond acceptors (Lipinski definition) is 36. The second-order valence-electron chi connectivity index (χ2n) is 36.9.